The summed E-state index contributed by atoms with van der Waals surface area (Å²) in [5.41, 5.74) is 8.59. The number of aromatic nitrogens is 4. The molecular weight excluding hydrogens is 573 g/mol. The van der Waals surface area contributed by atoms with Crippen molar-refractivity contribution in [3.63, 3.8) is 0 Å². The molecule has 0 unspecified atom stereocenters. The minimum atomic E-state index is 0.640. The van der Waals surface area contributed by atoms with Crippen molar-refractivity contribution in [1.29, 1.82) is 0 Å². The number of hydrogen-bond donors (Lipinski definition) is 0. The highest BCUT2D eigenvalue weighted by Gasteiger charge is 2.18. The van der Waals surface area contributed by atoms with Crippen LogP contribution in [0.2, 0.25) is 0 Å². The van der Waals surface area contributed by atoms with E-state index in [2.05, 4.69) is 114 Å². The van der Waals surface area contributed by atoms with Crippen molar-refractivity contribution >= 4 is 32.6 Å². The molecule has 0 saturated heterocycles. The van der Waals surface area contributed by atoms with Gasteiger partial charge in [0.2, 0.25) is 0 Å². The Kier molecular flexibility index (Phi) is 6.43. The van der Waals surface area contributed by atoms with Gasteiger partial charge in [0, 0.05) is 33.2 Å². The average molecular weight is 601 g/mol. The van der Waals surface area contributed by atoms with E-state index in [1.54, 1.807) is 0 Å². The Labute approximate surface area is 272 Å². The van der Waals surface area contributed by atoms with E-state index in [-0.39, 0.29) is 0 Å². The smallest absolute Gasteiger partial charge is 0.164 e. The van der Waals surface area contributed by atoms with Gasteiger partial charge in [-0.1, -0.05) is 146 Å². The van der Waals surface area contributed by atoms with Gasteiger partial charge in [0.15, 0.2) is 17.5 Å². The van der Waals surface area contributed by atoms with Crippen molar-refractivity contribution in [1.82, 2.24) is 19.5 Å². The molecule has 4 nitrogen and oxygen atoms in total. The van der Waals surface area contributed by atoms with Crippen LogP contribution >= 0.6 is 0 Å². The molecule has 4 heteroatoms. The SMILES string of the molecule is c1ccc(-c2ccc3c4ccccc4n(-c4cc(-c5nc(-c6ccccc6)nc(-c6ccccc6)n5)c5ccccc5c4)c3c2)cc1. The van der Waals surface area contributed by atoms with Gasteiger partial charge in [-0.25, -0.2) is 15.0 Å². The lowest BCUT2D eigenvalue weighted by atomic mass is 10.0. The zero-order valence-electron chi connectivity index (χ0n) is 25.5. The highest BCUT2D eigenvalue weighted by Crippen LogP contribution is 2.38. The first-order valence-electron chi connectivity index (χ1n) is 15.8. The summed E-state index contributed by atoms with van der Waals surface area (Å²) in [7, 11) is 0. The molecule has 9 rings (SSSR count). The van der Waals surface area contributed by atoms with E-state index in [0.717, 1.165) is 44.2 Å². The lowest BCUT2D eigenvalue weighted by molar-refractivity contribution is 1.07. The zero-order valence-corrected chi connectivity index (χ0v) is 25.5. The van der Waals surface area contributed by atoms with Crippen LogP contribution in [0.15, 0.2) is 170 Å². The van der Waals surface area contributed by atoms with E-state index in [0.29, 0.717) is 17.5 Å². The van der Waals surface area contributed by atoms with Gasteiger partial charge in [0.25, 0.3) is 0 Å². The van der Waals surface area contributed by atoms with Gasteiger partial charge in [-0.2, -0.15) is 0 Å². The normalized spacial score (nSPS) is 11.4. The molecule has 0 saturated carbocycles. The first kappa shape index (κ1) is 27.0. The van der Waals surface area contributed by atoms with Crippen LogP contribution in [-0.2, 0) is 0 Å². The van der Waals surface area contributed by atoms with Crippen LogP contribution in [0, 0.1) is 0 Å². The summed E-state index contributed by atoms with van der Waals surface area (Å²) in [5, 5.41) is 4.64. The predicted octanol–water partition coefficient (Wildman–Crippen LogP) is 10.8. The van der Waals surface area contributed by atoms with E-state index in [1.807, 2.05) is 60.7 Å². The molecule has 0 radical (unpaired) electrons. The van der Waals surface area contributed by atoms with Crippen molar-refractivity contribution < 1.29 is 0 Å². The quantitative estimate of drug-likeness (QED) is 0.197. The van der Waals surface area contributed by atoms with Gasteiger partial charge in [-0.3, -0.25) is 0 Å². The molecule has 2 heterocycles. The number of para-hydroxylation sites is 1. The van der Waals surface area contributed by atoms with E-state index in [9.17, 15) is 0 Å². The highest BCUT2D eigenvalue weighted by molar-refractivity contribution is 6.11. The van der Waals surface area contributed by atoms with E-state index < -0.39 is 0 Å². The molecule has 2 aromatic heterocycles. The highest BCUT2D eigenvalue weighted by atomic mass is 15.0. The molecule has 47 heavy (non-hydrogen) atoms. The third-order valence-electron chi connectivity index (χ3n) is 8.83. The summed E-state index contributed by atoms with van der Waals surface area (Å²) in [5.74, 6) is 1.93. The second kappa shape index (κ2) is 11.2. The van der Waals surface area contributed by atoms with Crippen LogP contribution in [0.5, 0.6) is 0 Å². The van der Waals surface area contributed by atoms with Crippen LogP contribution < -0.4 is 0 Å². The molecule has 0 amide bonds. The van der Waals surface area contributed by atoms with E-state index in [4.69, 9.17) is 15.0 Å². The maximum atomic E-state index is 5.12. The summed E-state index contributed by atoms with van der Waals surface area (Å²) in [6, 6.07) is 59.3. The van der Waals surface area contributed by atoms with Crippen LogP contribution in [0.25, 0.3) is 83.6 Å². The number of nitrogens with zero attached hydrogens (tertiary/aromatic N) is 4. The molecule has 9 aromatic rings. The van der Waals surface area contributed by atoms with Gasteiger partial charge >= 0.3 is 0 Å². The molecule has 0 N–H and O–H groups in total. The molecule has 7 aromatic carbocycles. The van der Waals surface area contributed by atoms with E-state index in [1.165, 1.54) is 21.9 Å². The fraction of sp³-hybridized carbons (Fsp3) is 0. The standard InChI is InChI=1S/C43H28N4/c1-4-14-29(15-5-1)32-24-25-37-36-22-12-13-23-39(36)47(40(37)27-32)34-26-33-20-10-11-21-35(33)38(28-34)43-45-41(30-16-6-2-7-17-30)44-42(46-43)31-18-8-3-9-19-31/h1-28H. The molecule has 0 aliphatic rings. The van der Waals surface area contributed by atoms with Crippen LogP contribution in [0.4, 0.5) is 0 Å². The van der Waals surface area contributed by atoms with Crippen LogP contribution in [0.1, 0.15) is 0 Å². The topological polar surface area (TPSA) is 43.6 Å². The Hall–Kier alpha value is -6.39. The van der Waals surface area contributed by atoms with Gasteiger partial charge in [0.1, 0.15) is 0 Å². The summed E-state index contributed by atoms with van der Waals surface area (Å²) >= 11 is 0. The third kappa shape index (κ3) is 4.75. The van der Waals surface area contributed by atoms with Crippen LogP contribution in [-0.4, -0.2) is 19.5 Å². The molecule has 0 aliphatic carbocycles. The maximum Gasteiger partial charge on any atom is 0.164 e. The Balaban J connectivity index is 1.33. The largest absolute Gasteiger partial charge is 0.309 e. The molecule has 0 bridgehead atoms. The Morgan fingerprint density at radius 2 is 0.872 bits per heavy atom. The third-order valence-corrected chi connectivity index (χ3v) is 8.83. The van der Waals surface area contributed by atoms with Crippen molar-refractivity contribution in [2.75, 3.05) is 0 Å². The van der Waals surface area contributed by atoms with Crippen molar-refractivity contribution in [3.8, 4) is 51.0 Å². The summed E-state index contributed by atoms with van der Waals surface area (Å²) in [4.78, 5) is 15.2. The molecule has 0 fully saturated rings. The van der Waals surface area contributed by atoms with Gasteiger partial charge in [-0.15, -0.1) is 0 Å². The summed E-state index contributed by atoms with van der Waals surface area (Å²) in [6.07, 6.45) is 0. The summed E-state index contributed by atoms with van der Waals surface area (Å²) in [6.45, 7) is 0. The van der Waals surface area contributed by atoms with Crippen molar-refractivity contribution in [2.24, 2.45) is 0 Å². The second-order valence-corrected chi connectivity index (χ2v) is 11.7. The molecule has 220 valence electrons. The number of fused-ring (bicyclic) bond motifs is 4. The lowest BCUT2D eigenvalue weighted by Gasteiger charge is -2.15. The fourth-order valence-corrected chi connectivity index (χ4v) is 6.60. The first-order valence-corrected chi connectivity index (χ1v) is 15.8. The van der Waals surface area contributed by atoms with Crippen LogP contribution in [0.3, 0.4) is 0 Å². The number of benzene rings is 7. The minimum Gasteiger partial charge on any atom is -0.309 e. The lowest BCUT2D eigenvalue weighted by Crippen LogP contribution is -2.02. The average Bonchev–Trinajstić information content (AvgIpc) is 3.49. The summed E-state index contributed by atoms with van der Waals surface area (Å²) < 4.78 is 2.38. The molecular formula is C43H28N4. The number of rotatable bonds is 5. The second-order valence-electron chi connectivity index (χ2n) is 11.7. The monoisotopic (exact) mass is 600 g/mol. The Morgan fingerprint density at radius 3 is 1.55 bits per heavy atom. The first-order chi connectivity index (χ1) is 23.3. The van der Waals surface area contributed by atoms with Crippen molar-refractivity contribution in [3.05, 3.63) is 170 Å². The molecule has 0 aliphatic heterocycles. The van der Waals surface area contributed by atoms with Crippen molar-refractivity contribution in [2.45, 2.75) is 0 Å². The fourth-order valence-electron chi connectivity index (χ4n) is 6.60. The predicted molar refractivity (Wildman–Crippen MR) is 193 cm³/mol. The minimum absolute atomic E-state index is 0.640. The molecule has 0 atom stereocenters. The Bertz CT molecular complexity index is 2500. The van der Waals surface area contributed by atoms with E-state index >= 15 is 0 Å². The van der Waals surface area contributed by atoms with Gasteiger partial charge < -0.3 is 4.57 Å². The molecule has 0 spiro atoms. The Morgan fingerprint density at radius 1 is 0.340 bits per heavy atom. The van der Waals surface area contributed by atoms with Gasteiger partial charge in [-0.05, 0) is 46.2 Å². The zero-order chi connectivity index (χ0) is 31.2. The number of hydrogen-bond acceptors (Lipinski definition) is 3. The van der Waals surface area contributed by atoms with Gasteiger partial charge in [0.05, 0.1) is 11.0 Å². The maximum absolute atomic E-state index is 5.12.